The molecular weight excluding hydrogens is 174 g/mol. The maximum Gasteiger partial charge on any atom is 0.103 e. The molecule has 3 N–H and O–H groups in total. The molecule has 0 saturated carbocycles. The highest BCUT2D eigenvalue weighted by molar-refractivity contribution is 5.06. The predicted molar refractivity (Wildman–Crippen MR) is 63.4 cm³/mol. The van der Waals surface area contributed by atoms with E-state index in [-0.39, 0.29) is 5.66 Å². The van der Waals surface area contributed by atoms with Crippen LogP contribution in [0.5, 0.6) is 0 Å². The number of hydrogen-bond acceptors (Lipinski definition) is 3. The van der Waals surface area contributed by atoms with Gasteiger partial charge in [-0.15, -0.1) is 0 Å². The van der Waals surface area contributed by atoms with Gasteiger partial charge in [0, 0.05) is 6.04 Å². The highest BCUT2D eigenvalue weighted by Gasteiger charge is 2.31. The zero-order valence-corrected chi connectivity index (χ0v) is 9.98. The van der Waals surface area contributed by atoms with E-state index in [1.54, 1.807) is 0 Å². The van der Waals surface area contributed by atoms with Crippen LogP contribution in [0.4, 0.5) is 0 Å². The molecule has 0 aliphatic heterocycles. The van der Waals surface area contributed by atoms with E-state index in [1.807, 2.05) is 27.2 Å². The third-order valence-electron chi connectivity index (χ3n) is 2.89. The van der Waals surface area contributed by atoms with Crippen molar-refractivity contribution in [2.75, 3.05) is 21.1 Å². The maximum absolute atomic E-state index is 3.89. The van der Waals surface area contributed by atoms with E-state index in [9.17, 15) is 0 Å². The Morgan fingerprint density at radius 1 is 1.29 bits per heavy atom. The standard InChI is InChI=1S/C11H25N3/c1-6-8-9-10(12-3)11(7-2,13-4)14-5/h7,10,12-14H,2,6,8-9H2,1,3-5H3. The molecule has 14 heavy (non-hydrogen) atoms. The molecule has 1 unspecified atom stereocenters. The molecule has 3 nitrogen and oxygen atoms in total. The average Bonchev–Trinajstić information content (AvgIpc) is 2.25. The van der Waals surface area contributed by atoms with Crippen LogP contribution in [-0.2, 0) is 0 Å². The summed E-state index contributed by atoms with van der Waals surface area (Å²) in [4.78, 5) is 0. The van der Waals surface area contributed by atoms with Crippen molar-refractivity contribution < 1.29 is 0 Å². The Morgan fingerprint density at radius 2 is 1.86 bits per heavy atom. The first kappa shape index (κ1) is 13.6. The van der Waals surface area contributed by atoms with E-state index >= 15 is 0 Å². The third-order valence-corrected chi connectivity index (χ3v) is 2.89. The van der Waals surface area contributed by atoms with E-state index in [4.69, 9.17) is 0 Å². The van der Waals surface area contributed by atoms with Crippen LogP contribution in [0.1, 0.15) is 26.2 Å². The van der Waals surface area contributed by atoms with Gasteiger partial charge in [0.1, 0.15) is 5.66 Å². The largest absolute Gasteiger partial charge is 0.314 e. The fourth-order valence-electron chi connectivity index (χ4n) is 1.83. The van der Waals surface area contributed by atoms with Crippen LogP contribution in [0.2, 0.25) is 0 Å². The summed E-state index contributed by atoms with van der Waals surface area (Å²) in [5.41, 5.74) is -0.204. The molecule has 0 bridgehead atoms. The van der Waals surface area contributed by atoms with E-state index in [0.29, 0.717) is 6.04 Å². The SMILES string of the molecule is C=CC(NC)(NC)C(CCCC)NC. The lowest BCUT2D eigenvalue weighted by molar-refractivity contribution is 0.260. The van der Waals surface area contributed by atoms with Crippen molar-refractivity contribution in [2.45, 2.75) is 37.9 Å². The lowest BCUT2D eigenvalue weighted by Crippen LogP contribution is -2.64. The fourth-order valence-corrected chi connectivity index (χ4v) is 1.83. The molecule has 0 spiro atoms. The van der Waals surface area contributed by atoms with Gasteiger partial charge in [-0.2, -0.15) is 0 Å². The molecule has 0 aromatic heterocycles. The Morgan fingerprint density at radius 3 is 2.14 bits per heavy atom. The minimum atomic E-state index is -0.204. The van der Waals surface area contributed by atoms with Crippen LogP contribution < -0.4 is 16.0 Å². The summed E-state index contributed by atoms with van der Waals surface area (Å²) in [6, 6.07) is 0.370. The van der Waals surface area contributed by atoms with Gasteiger partial charge < -0.3 is 5.32 Å². The van der Waals surface area contributed by atoms with Crippen molar-refractivity contribution in [1.29, 1.82) is 0 Å². The summed E-state index contributed by atoms with van der Waals surface area (Å²) >= 11 is 0. The molecule has 0 aromatic rings. The van der Waals surface area contributed by atoms with Gasteiger partial charge in [0.2, 0.25) is 0 Å². The lowest BCUT2D eigenvalue weighted by atomic mass is 9.95. The number of rotatable bonds is 8. The van der Waals surface area contributed by atoms with Crippen LogP contribution in [0.15, 0.2) is 12.7 Å². The van der Waals surface area contributed by atoms with Crippen LogP contribution in [0.3, 0.4) is 0 Å². The lowest BCUT2D eigenvalue weighted by Gasteiger charge is -2.38. The molecule has 0 amide bonds. The van der Waals surface area contributed by atoms with Crippen LogP contribution in [0.25, 0.3) is 0 Å². The first-order valence-corrected chi connectivity index (χ1v) is 5.39. The normalized spacial score (nSPS) is 14.0. The Labute approximate surface area is 88.3 Å². The van der Waals surface area contributed by atoms with Crippen molar-refractivity contribution in [3.05, 3.63) is 12.7 Å². The van der Waals surface area contributed by atoms with Gasteiger partial charge >= 0.3 is 0 Å². The van der Waals surface area contributed by atoms with Gasteiger partial charge in [-0.1, -0.05) is 32.4 Å². The summed E-state index contributed by atoms with van der Waals surface area (Å²) in [5, 5.41) is 9.90. The van der Waals surface area contributed by atoms with E-state index < -0.39 is 0 Å². The van der Waals surface area contributed by atoms with Crippen molar-refractivity contribution in [2.24, 2.45) is 0 Å². The van der Waals surface area contributed by atoms with Gasteiger partial charge in [-0.3, -0.25) is 10.6 Å². The topological polar surface area (TPSA) is 36.1 Å². The smallest absolute Gasteiger partial charge is 0.103 e. The summed E-state index contributed by atoms with van der Waals surface area (Å²) in [6.07, 6.45) is 5.52. The highest BCUT2D eigenvalue weighted by atomic mass is 15.2. The maximum atomic E-state index is 3.89. The van der Waals surface area contributed by atoms with E-state index in [1.165, 1.54) is 12.8 Å². The molecular formula is C11H25N3. The quantitative estimate of drug-likeness (QED) is 0.404. The summed E-state index contributed by atoms with van der Waals surface area (Å²) in [7, 11) is 5.90. The second-order valence-electron chi connectivity index (χ2n) is 3.56. The number of likely N-dealkylation sites (N-methyl/N-ethyl adjacent to an activating group) is 3. The molecule has 0 aliphatic carbocycles. The Kier molecular flexibility index (Phi) is 6.79. The van der Waals surface area contributed by atoms with Gasteiger partial charge in [-0.25, -0.2) is 0 Å². The molecule has 0 rings (SSSR count). The van der Waals surface area contributed by atoms with Gasteiger partial charge in [0.05, 0.1) is 0 Å². The minimum absolute atomic E-state index is 0.204. The third kappa shape index (κ3) is 3.08. The van der Waals surface area contributed by atoms with Crippen LogP contribution >= 0.6 is 0 Å². The molecule has 0 aromatic carbocycles. The number of unbranched alkanes of at least 4 members (excludes halogenated alkanes) is 1. The van der Waals surface area contributed by atoms with Crippen LogP contribution in [-0.4, -0.2) is 32.8 Å². The van der Waals surface area contributed by atoms with Gasteiger partial charge in [-0.05, 0) is 27.6 Å². The van der Waals surface area contributed by atoms with Gasteiger partial charge in [0.25, 0.3) is 0 Å². The van der Waals surface area contributed by atoms with E-state index in [2.05, 4.69) is 29.5 Å². The molecule has 0 radical (unpaired) electrons. The van der Waals surface area contributed by atoms with Crippen molar-refractivity contribution in [1.82, 2.24) is 16.0 Å². The molecule has 84 valence electrons. The average molecular weight is 199 g/mol. The van der Waals surface area contributed by atoms with Crippen molar-refractivity contribution in [3.8, 4) is 0 Å². The second kappa shape index (κ2) is 6.98. The zero-order chi connectivity index (χ0) is 11.0. The summed E-state index contributed by atoms with van der Waals surface area (Å²) in [6.45, 7) is 6.10. The number of nitrogens with one attached hydrogen (secondary N) is 3. The minimum Gasteiger partial charge on any atom is -0.314 e. The molecule has 0 fully saturated rings. The van der Waals surface area contributed by atoms with E-state index in [0.717, 1.165) is 6.42 Å². The first-order valence-electron chi connectivity index (χ1n) is 5.39. The Balaban J connectivity index is 4.48. The zero-order valence-electron chi connectivity index (χ0n) is 9.98. The molecule has 3 heteroatoms. The second-order valence-corrected chi connectivity index (χ2v) is 3.56. The Hall–Kier alpha value is -0.380. The van der Waals surface area contributed by atoms with Crippen molar-refractivity contribution in [3.63, 3.8) is 0 Å². The highest BCUT2D eigenvalue weighted by Crippen LogP contribution is 2.13. The fraction of sp³-hybridized carbons (Fsp3) is 0.818. The Bertz CT molecular complexity index is 153. The van der Waals surface area contributed by atoms with Crippen LogP contribution in [0, 0.1) is 0 Å². The summed E-state index contributed by atoms with van der Waals surface area (Å²) < 4.78 is 0. The molecule has 0 aliphatic rings. The predicted octanol–water partition coefficient (Wildman–Crippen LogP) is 1.09. The molecule has 1 atom stereocenters. The first-order chi connectivity index (χ1) is 6.70. The monoisotopic (exact) mass is 199 g/mol. The summed E-state index contributed by atoms with van der Waals surface area (Å²) in [5.74, 6) is 0. The van der Waals surface area contributed by atoms with Crippen molar-refractivity contribution >= 4 is 0 Å². The van der Waals surface area contributed by atoms with Gasteiger partial charge in [0.15, 0.2) is 0 Å². The number of hydrogen-bond donors (Lipinski definition) is 3. The molecule has 0 saturated heterocycles. The molecule has 0 heterocycles.